The van der Waals surface area contributed by atoms with Crippen molar-refractivity contribution < 1.29 is 4.79 Å². The van der Waals surface area contributed by atoms with Crippen LogP contribution < -0.4 is 0 Å². The minimum absolute atomic E-state index is 0.0545. The lowest BCUT2D eigenvalue weighted by Gasteiger charge is -2.31. The first-order valence-electron chi connectivity index (χ1n) is 12.9. The topological polar surface area (TPSA) is 53.3 Å². The van der Waals surface area contributed by atoms with Crippen molar-refractivity contribution in [3.05, 3.63) is 46.7 Å². The number of rotatable bonds is 8. The average Bonchev–Trinajstić information content (AvgIpc) is 2.80. The first-order chi connectivity index (χ1) is 15.4. The Morgan fingerprint density at radius 2 is 1.88 bits per heavy atom. The number of nitrogens with zero attached hydrogens (tertiary/aromatic N) is 1. The lowest BCUT2D eigenvalue weighted by molar-refractivity contribution is -0.116. The Hall–Kier alpha value is -2.03. The molecule has 0 bridgehead atoms. The van der Waals surface area contributed by atoms with Crippen LogP contribution in [-0.4, -0.2) is 17.2 Å². The molecule has 0 heterocycles. The molecule has 32 heavy (non-hydrogen) atoms. The maximum Gasteiger partial charge on any atom is 0.164 e. The van der Waals surface area contributed by atoms with Crippen molar-refractivity contribution in [3.8, 4) is 0 Å². The summed E-state index contributed by atoms with van der Waals surface area (Å²) in [7, 11) is 0. The largest absolute Gasteiger partial charge is 0.309 e. The second kappa shape index (κ2) is 11.2. The molecule has 3 nitrogen and oxygen atoms in total. The molecule has 0 aromatic heterocycles. The third-order valence-electron chi connectivity index (χ3n) is 7.67. The highest BCUT2D eigenvalue weighted by Gasteiger charge is 2.29. The van der Waals surface area contributed by atoms with Crippen molar-refractivity contribution in [1.82, 2.24) is 0 Å². The summed E-state index contributed by atoms with van der Waals surface area (Å²) in [6.45, 7) is 10.9. The molecule has 0 amide bonds. The molecule has 0 aromatic rings. The summed E-state index contributed by atoms with van der Waals surface area (Å²) < 4.78 is 0. The van der Waals surface area contributed by atoms with Crippen LogP contribution in [0.5, 0.6) is 0 Å². The third-order valence-corrected chi connectivity index (χ3v) is 7.67. The van der Waals surface area contributed by atoms with Gasteiger partial charge >= 0.3 is 0 Å². The van der Waals surface area contributed by atoms with E-state index in [9.17, 15) is 4.79 Å². The first-order valence-corrected chi connectivity index (χ1v) is 12.9. The lowest BCUT2D eigenvalue weighted by Crippen LogP contribution is -2.26. The van der Waals surface area contributed by atoms with E-state index in [2.05, 4.69) is 39.8 Å². The van der Waals surface area contributed by atoms with E-state index in [4.69, 9.17) is 10.4 Å². The predicted octanol–water partition coefficient (Wildman–Crippen LogP) is 7.80. The number of carbonyl (C=O) groups excluding carboxylic acids is 1. The van der Waals surface area contributed by atoms with Crippen molar-refractivity contribution in [2.45, 2.75) is 92.4 Å². The van der Waals surface area contributed by atoms with Gasteiger partial charge in [0, 0.05) is 23.3 Å². The molecule has 3 aliphatic rings. The molecule has 0 radical (unpaired) electrons. The van der Waals surface area contributed by atoms with E-state index < -0.39 is 0 Å². The van der Waals surface area contributed by atoms with E-state index in [0.717, 1.165) is 74.9 Å². The molecule has 0 spiro atoms. The molecule has 0 aromatic carbocycles. The molecule has 3 aliphatic carbocycles. The fourth-order valence-electron chi connectivity index (χ4n) is 5.69. The Morgan fingerprint density at radius 3 is 2.50 bits per heavy atom. The zero-order valence-corrected chi connectivity index (χ0v) is 20.8. The number of ketones is 1. The molecule has 0 saturated carbocycles. The molecule has 0 aliphatic heterocycles. The fourth-order valence-corrected chi connectivity index (χ4v) is 5.69. The Balaban J connectivity index is 1.82. The quantitative estimate of drug-likeness (QED) is 0.307. The third kappa shape index (κ3) is 5.47. The van der Waals surface area contributed by atoms with Gasteiger partial charge in [0.2, 0.25) is 0 Å². The molecule has 174 valence electrons. The Labute approximate surface area is 195 Å². The number of aliphatic imine (C=N–C) groups is 1. The first kappa shape index (κ1) is 24.6. The van der Waals surface area contributed by atoms with Gasteiger partial charge in [-0.05, 0) is 87.9 Å². The number of allylic oxidation sites excluding steroid dienone is 7. The van der Waals surface area contributed by atoms with Crippen molar-refractivity contribution in [2.75, 3.05) is 0 Å². The van der Waals surface area contributed by atoms with Crippen LogP contribution in [-0.2, 0) is 4.79 Å². The average molecular weight is 435 g/mol. The van der Waals surface area contributed by atoms with Crippen LogP contribution in [0.15, 0.2) is 51.7 Å². The summed E-state index contributed by atoms with van der Waals surface area (Å²) in [5.74, 6) is 1.42. The van der Waals surface area contributed by atoms with E-state index in [-0.39, 0.29) is 11.7 Å². The molecule has 0 saturated heterocycles. The molecule has 3 heteroatoms. The van der Waals surface area contributed by atoms with Crippen molar-refractivity contribution in [1.29, 1.82) is 5.41 Å². The molecular formula is C29H42N2O. The molecular weight excluding hydrogens is 392 g/mol. The smallest absolute Gasteiger partial charge is 0.164 e. The summed E-state index contributed by atoms with van der Waals surface area (Å²) in [5, 5.41) is 8.52. The molecule has 4 unspecified atom stereocenters. The summed E-state index contributed by atoms with van der Waals surface area (Å²) in [6, 6.07) is 0. The van der Waals surface area contributed by atoms with Crippen molar-refractivity contribution in [3.63, 3.8) is 0 Å². The Kier molecular flexibility index (Phi) is 8.62. The summed E-state index contributed by atoms with van der Waals surface area (Å²) in [6.07, 6.45) is 17.8. The van der Waals surface area contributed by atoms with Gasteiger partial charge in [0.05, 0.1) is 11.6 Å². The number of nitrogens with one attached hydrogen (secondary N) is 1. The summed E-state index contributed by atoms with van der Waals surface area (Å²) in [4.78, 5) is 17.4. The van der Waals surface area contributed by atoms with Gasteiger partial charge in [-0.1, -0.05) is 51.5 Å². The van der Waals surface area contributed by atoms with E-state index in [0.29, 0.717) is 17.8 Å². The Bertz CT molecular complexity index is 883. The van der Waals surface area contributed by atoms with Gasteiger partial charge in [0.1, 0.15) is 0 Å². The maximum absolute atomic E-state index is 12.4. The standard InChI is InChI=1S/C29H42N2O/c1-6-22-15-20(16-23(7-2)28(22)30)14-21-17-24(8-3)29(25(9-4)18-21)31-19(5)26-12-10-11-13-27(26)32/h11,13,15,17,21-23,26,30H,6-10,12,14,16,18H2,1-5H3. The van der Waals surface area contributed by atoms with E-state index in [1.807, 2.05) is 13.0 Å². The summed E-state index contributed by atoms with van der Waals surface area (Å²) >= 11 is 0. The maximum atomic E-state index is 12.4. The highest BCUT2D eigenvalue weighted by molar-refractivity contribution is 6.09. The van der Waals surface area contributed by atoms with Crippen LogP contribution in [0, 0.1) is 29.1 Å². The van der Waals surface area contributed by atoms with Crippen LogP contribution in [0.25, 0.3) is 0 Å². The van der Waals surface area contributed by atoms with Gasteiger partial charge in [0.25, 0.3) is 0 Å². The monoisotopic (exact) mass is 434 g/mol. The number of hydrogen-bond donors (Lipinski definition) is 1. The van der Waals surface area contributed by atoms with Gasteiger partial charge in [0.15, 0.2) is 5.78 Å². The lowest BCUT2D eigenvalue weighted by atomic mass is 9.74. The van der Waals surface area contributed by atoms with Crippen molar-refractivity contribution >= 4 is 17.2 Å². The van der Waals surface area contributed by atoms with Crippen LogP contribution in [0.2, 0.25) is 0 Å². The molecule has 4 atom stereocenters. The van der Waals surface area contributed by atoms with Gasteiger partial charge in [-0.15, -0.1) is 0 Å². The van der Waals surface area contributed by atoms with Crippen LogP contribution >= 0.6 is 0 Å². The normalized spacial score (nSPS) is 29.3. The molecule has 1 N–H and O–H groups in total. The fraction of sp³-hybridized carbons (Fsp3) is 0.621. The van der Waals surface area contributed by atoms with Crippen molar-refractivity contribution in [2.24, 2.45) is 28.7 Å². The SMILES string of the molecule is CCC1=CC(CC2=CC(CC)C(=N)C(CC)C2)CC(CC)=C1N=C(C)C1CCC=CC1=O. The minimum atomic E-state index is -0.0545. The van der Waals surface area contributed by atoms with E-state index in [1.165, 1.54) is 11.1 Å². The van der Waals surface area contributed by atoms with Gasteiger partial charge in [-0.2, -0.15) is 0 Å². The predicted molar refractivity (Wildman–Crippen MR) is 136 cm³/mol. The number of hydrogen-bond acceptors (Lipinski definition) is 3. The second-order valence-corrected chi connectivity index (χ2v) is 9.81. The van der Waals surface area contributed by atoms with E-state index in [1.54, 1.807) is 11.6 Å². The highest BCUT2D eigenvalue weighted by Crippen LogP contribution is 2.39. The molecule has 0 fully saturated rings. The van der Waals surface area contributed by atoms with E-state index >= 15 is 0 Å². The van der Waals surface area contributed by atoms with Crippen LogP contribution in [0.3, 0.4) is 0 Å². The highest BCUT2D eigenvalue weighted by atomic mass is 16.1. The zero-order valence-electron chi connectivity index (χ0n) is 20.8. The minimum Gasteiger partial charge on any atom is -0.309 e. The number of carbonyl (C=O) groups is 1. The summed E-state index contributed by atoms with van der Waals surface area (Å²) in [5.41, 5.74) is 7.41. The van der Waals surface area contributed by atoms with Crippen LogP contribution in [0.4, 0.5) is 0 Å². The molecule has 3 rings (SSSR count). The van der Waals surface area contributed by atoms with Gasteiger partial charge < -0.3 is 5.41 Å². The van der Waals surface area contributed by atoms with Crippen LogP contribution in [0.1, 0.15) is 92.4 Å². The van der Waals surface area contributed by atoms with Gasteiger partial charge in [-0.3, -0.25) is 9.79 Å². The zero-order chi connectivity index (χ0) is 23.3. The van der Waals surface area contributed by atoms with Gasteiger partial charge in [-0.25, -0.2) is 0 Å². The second-order valence-electron chi connectivity index (χ2n) is 9.81. The Morgan fingerprint density at radius 1 is 1.09 bits per heavy atom.